The molecule has 0 amide bonds. The molecule has 0 bridgehead atoms. The first-order valence-electron chi connectivity index (χ1n) is 5.74. The van der Waals surface area contributed by atoms with Crippen molar-refractivity contribution in [1.29, 1.82) is 0 Å². The quantitative estimate of drug-likeness (QED) is 0.730. The van der Waals surface area contributed by atoms with Crippen LogP contribution in [0.25, 0.3) is 0 Å². The summed E-state index contributed by atoms with van der Waals surface area (Å²) >= 11 is 9.00. The minimum Gasteiger partial charge on any atom is -0.211 e. The Hall–Kier alpha value is -0.100. The molecule has 0 saturated heterocycles. The number of halogens is 2. The fourth-order valence-electron chi connectivity index (χ4n) is 1.83. The molecular weight excluding hydrogens is 338 g/mol. The summed E-state index contributed by atoms with van der Waals surface area (Å²) in [6, 6.07) is 7.39. The molecule has 0 spiro atoms. The molecule has 0 aromatic heterocycles. The van der Waals surface area contributed by atoms with Crippen molar-refractivity contribution in [1.82, 2.24) is 4.31 Å². The molecule has 6 heteroatoms. The Labute approximate surface area is 122 Å². The van der Waals surface area contributed by atoms with E-state index in [-0.39, 0.29) is 11.3 Å². The van der Waals surface area contributed by atoms with E-state index in [1.54, 1.807) is 0 Å². The minimum absolute atomic E-state index is 0.232. The highest BCUT2D eigenvalue weighted by molar-refractivity contribution is 9.10. The lowest BCUT2D eigenvalue weighted by Gasteiger charge is -2.28. The summed E-state index contributed by atoms with van der Waals surface area (Å²) in [6.07, 6.45) is 0.755. The SMILES string of the molecule is CCCN(C(C)c1ccccc1Br)S(=O)(=O)CCl. The molecule has 1 atom stereocenters. The van der Waals surface area contributed by atoms with E-state index in [2.05, 4.69) is 15.9 Å². The molecule has 0 heterocycles. The van der Waals surface area contributed by atoms with Gasteiger partial charge in [0.2, 0.25) is 10.0 Å². The molecule has 0 fully saturated rings. The molecule has 0 radical (unpaired) electrons. The van der Waals surface area contributed by atoms with Crippen molar-refractivity contribution in [2.45, 2.75) is 26.3 Å². The Morgan fingerprint density at radius 3 is 2.50 bits per heavy atom. The first kappa shape index (κ1) is 16.0. The Morgan fingerprint density at radius 2 is 2.00 bits per heavy atom. The molecule has 1 rings (SSSR count). The lowest BCUT2D eigenvalue weighted by molar-refractivity contribution is 0.343. The van der Waals surface area contributed by atoms with Gasteiger partial charge in [0.25, 0.3) is 0 Å². The predicted octanol–water partition coefficient (Wildman–Crippen LogP) is 3.75. The topological polar surface area (TPSA) is 37.4 Å². The fraction of sp³-hybridized carbons (Fsp3) is 0.500. The molecule has 18 heavy (non-hydrogen) atoms. The van der Waals surface area contributed by atoms with Gasteiger partial charge in [0, 0.05) is 17.1 Å². The summed E-state index contributed by atoms with van der Waals surface area (Å²) in [5, 5.41) is -0.387. The zero-order chi connectivity index (χ0) is 13.8. The molecule has 0 N–H and O–H groups in total. The van der Waals surface area contributed by atoms with Crippen molar-refractivity contribution in [3.8, 4) is 0 Å². The predicted molar refractivity (Wildman–Crippen MR) is 79.2 cm³/mol. The highest BCUT2D eigenvalue weighted by Gasteiger charge is 2.27. The number of sulfonamides is 1. The van der Waals surface area contributed by atoms with Crippen molar-refractivity contribution >= 4 is 37.6 Å². The summed E-state index contributed by atoms with van der Waals surface area (Å²) < 4.78 is 26.4. The van der Waals surface area contributed by atoms with Crippen LogP contribution in [-0.2, 0) is 10.0 Å². The maximum atomic E-state index is 12.0. The van der Waals surface area contributed by atoms with Crippen LogP contribution in [0.3, 0.4) is 0 Å². The van der Waals surface area contributed by atoms with Gasteiger partial charge in [-0.05, 0) is 25.0 Å². The maximum absolute atomic E-state index is 12.0. The highest BCUT2D eigenvalue weighted by Crippen LogP contribution is 2.29. The Bertz CT molecular complexity index is 493. The number of alkyl halides is 1. The Kier molecular flexibility index (Phi) is 6.11. The van der Waals surface area contributed by atoms with Crippen LogP contribution in [0.2, 0.25) is 0 Å². The van der Waals surface area contributed by atoms with Crippen LogP contribution >= 0.6 is 27.5 Å². The third-order valence-electron chi connectivity index (χ3n) is 2.73. The first-order valence-corrected chi connectivity index (χ1v) is 8.67. The number of hydrogen-bond donors (Lipinski definition) is 0. The Morgan fingerprint density at radius 1 is 1.39 bits per heavy atom. The van der Waals surface area contributed by atoms with Crippen LogP contribution in [0.1, 0.15) is 31.9 Å². The van der Waals surface area contributed by atoms with Crippen LogP contribution in [-0.4, -0.2) is 24.5 Å². The van der Waals surface area contributed by atoms with Gasteiger partial charge in [-0.2, -0.15) is 4.31 Å². The number of benzene rings is 1. The molecule has 1 aromatic rings. The average molecular weight is 355 g/mol. The normalized spacial score (nSPS) is 13.8. The van der Waals surface area contributed by atoms with E-state index in [9.17, 15) is 8.42 Å². The molecule has 1 aromatic carbocycles. The average Bonchev–Trinajstić information content (AvgIpc) is 2.35. The molecule has 3 nitrogen and oxygen atoms in total. The number of nitrogens with zero attached hydrogens (tertiary/aromatic N) is 1. The second kappa shape index (κ2) is 6.89. The van der Waals surface area contributed by atoms with E-state index in [1.165, 1.54) is 4.31 Å². The maximum Gasteiger partial charge on any atom is 0.228 e. The summed E-state index contributed by atoms with van der Waals surface area (Å²) in [5.41, 5.74) is 0.944. The second-order valence-electron chi connectivity index (χ2n) is 4.03. The van der Waals surface area contributed by atoms with Crippen LogP contribution in [0.4, 0.5) is 0 Å². The van der Waals surface area contributed by atoms with Gasteiger partial charge in [-0.1, -0.05) is 41.1 Å². The summed E-state index contributed by atoms with van der Waals surface area (Å²) in [5.74, 6) is 0. The van der Waals surface area contributed by atoms with E-state index in [1.807, 2.05) is 38.1 Å². The number of hydrogen-bond acceptors (Lipinski definition) is 2. The van der Waals surface area contributed by atoms with Gasteiger partial charge in [-0.15, -0.1) is 11.6 Å². The zero-order valence-corrected chi connectivity index (χ0v) is 13.6. The summed E-state index contributed by atoms with van der Waals surface area (Å²) in [6.45, 7) is 4.29. The fourth-order valence-corrected chi connectivity index (χ4v) is 4.00. The molecule has 0 aliphatic carbocycles. The van der Waals surface area contributed by atoms with Gasteiger partial charge >= 0.3 is 0 Å². The zero-order valence-electron chi connectivity index (χ0n) is 10.4. The number of rotatable bonds is 6. The van der Waals surface area contributed by atoms with E-state index in [0.717, 1.165) is 16.5 Å². The van der Waals surface area contributed by atoms with Crippen molar-refractivity contribution in [3.05, 3.63) is 34.3 Å². The lowest BCUT2D eigenvalue weighted by atomic mass is 10.1. The Balaban J connectivity index is 3.12. The van der Waals surface area contributed by atoms with Gasteiger partial charge in [0.1, 0.15) is 5.21 Å². The van der Waals surface area contributed by atoms with Crippen molar-refractivity contribution in [2.75, 3.05) is 11.8 Å². The third-order valence-corrected chi connectivity index (χ3v) is 5.77. The van der Waals surface area contributed by atoms with Crippen molar-refractivity contribution in [3.63, 3.8) is 0 Å². The molecule has 0 aliphatic heterocycles. The van der Waals surface area contributed by atoms with Crippen molar-refractivity contribution < 1.29 is 8.42 Å². The third kappa shape index (κ3) is 3.70. The van der Waals surface area contributed by atoms with Gasteiger partial charge in [0.15, 0.2) is 0 Å². The molecule has 102 valence electrons. The summed E-state index contributed by atoms with van der Waals surface area (Å²) in [7, 11) is -3.41. The van der Waals surface area contributed by atoms with E-state index >= 15 is 0 Å². The minimum atomic E-state index is -3.41. The van der Waals surface area contributed by atoms with E-state index in [0.29, 0.717) is 6.54 Å². The first-order chi connectivity index (χ1) is 8.44. The van der Waals surface area contributed by atoms with E-state index in [4.69, 9.17) is 11.6 Å². The van der Waals surface area contributed by atoms with Gasteiger partial charge in [-0.3, -0.25) is 0 Å². The standard InChI is InChI=1S/C12H17BrClNO2S/c1-3-8-15(18(16,17)9-14)10(2)11-6-4-5-7-12(11)13/h4-7,10H,3,8-9H2,1-2H3. The van der Waals surface area contributed by atoms with Crippen LogP contribution in [0, 0.1) is 0 Å². The van der Waals surface area contributed by atoms with Crippen molar-refractivity contribution in [2.24, 2.45) is 0 Å². The van der Waals surface area contributed by atoms with Crippen LogP contribution < -0.4 is 0 Å². The largest absolute Gasteiger partial charge is 0.228 e. The van der Waals surface area contributed by atoms with Gasteiger partial charge in [0.05, 0.1) is 0 Å². The van der Waals surface area contributed by atoms with Gasteiger partial charge in [-0.25, -0.2) is 8.42 Å². The van der Waals surface area contributed by atoms with E-state index < -0.39 is 10.0 Å². The highest BCUT2D eigenvalue weighted by atomic mass is 79.9. The smallest absolute Gasteiger partial charge is 0.211 e. The monoisotopic (exact) mass is 353 g/mol. The second-order valence-corrected chi connectivity index (χ2v) is 7.39. The van der Waals surface area contributed by atoms with Crippen LogP contribution in [0.5, 0.6) is 0 Å². The molecule has 1 unspecified atom stereocenters. The lowest BCUT2D eigenvalue weighted by Crippen LogP contribution is -2.35. The molecular formula is C12H17BrClNO2S. The summed E-state index contributed by atoms with van der Waals surface area (Å²) in [4.78, 5) is 0. The van der Waals surface area contributed by atoms with Crippen LogP contribution in [0.15, 0.2) is 28.7 Å². The van der Waals surface area contributed by atoms with Gasteiger partial charge < -0.3 is 0 Å². The molecule has 0 aliphatic rings. The molecule has 0 saturated carbocycles.